The molecule has 1 fully saturated rings. The molecule has 84 valence electrons. The molecule has 3 rings (SSSR count). The van der Waals surface area contributed by atoms with Crippen LogP contribution >= 0.6 is 0 Å². The molecule has 3 nitrogen and oxygen atoms in total. The van der Waals surface area contributed by atoms with Crippen LogP contribution in [0.1, 0.15) is 18.1 Å². The largest absolute Gasteiger partial charge is 0.372 e. The van der Waals surface area contributed by atoms with Crippen LogP contribution in [-0.2, 0) is 4.74 Å². The van der Waals surface area contributed by atoms with Crippen molar-refractivity contribution in [2.24, 2.45) is 5.92 Å². The number of hydrogen-bond acceptors (Lipinski definition) is 3. The summed E-state index contributed by atoms with van der Waals surface area (Å²) in [6.45, 7) is 0.666. The van der Waals surface area contributed by atoms with Crippen molar-refractivity contribution < 1.29 is 4.74 Å². The Bertz CT molecular complexity index is 583. The van der Waals surface area contributed by atoms with Gasteiger partial charge in [-0.2, -0.15) is 5.26 Å². The zero-order chi connectivity index (χ0) is 11.7. The van der Waals surface area contributed by atoms with Crippen molar-refractivity contribution in [1.82, 2.24) is 4.98 Å². The topological polar surface area (TPSA) is 45.9 Å². The molecule has 0 aliphatic carbocycles. The average Bonchev–Trinajstić information content (AvgIpc) is 2.86. The molecule has 2 atom stereocenters. The highest BCUT2D eigenvalue weighted by molar-refractivity contribution is 5.82. The summed E-state index contributed by atoms with van der Waals surface area (Å²) in [4.78, 5) is 4.33. The fourth-order valence-corrected chi connectivity index (χ4v) is 2.39. The van der Waals surface area contributed by atoms with Crippen molar-refractivity contribution in [2.45, 2.75) is 12.5 Å². The van der Waals surface area contributed by atoms with E-state index in [0.29, 0.717) is 6.61 Å². The number of hydrogen-bond donors (Lipinski definition) is 0. The first-order valence-electron chi connectivity index (χ1n) is 5.75. The van der Waals surface area contributed by atoms with E-state index in [9.17, 15) is 0 Å². The van der Waals surface area contributed by atoms with Gasteiger partial charge in [0, 0.05) is 18.2 Å². The summed E-state index contributed by atoms with van der Waals surface area (Å²) in [5, 5.41) is 10.2. The second-order valence-electron chi connectivity index (χ2n) is 4.23. The van der Waals surface area contributed by atoms with Gasteiger partial charge in [0.2, 0.25) is 0 Å². The molecule has 0 N–H and O–H groups in total. The van der Waals surface area contributed by atoms with E-state index >= 15 is 0 Å². The SMILES string of the molecule is N#CC1CCOC1c1ccnc2ccccc12. The van der Waals surface area contributed by atoms with Crippen molar-refractivity contribution in [3.8, 4) is 6.07 Å². The fraction of sp³-hybridized carbons (Fsp3) is 0.286. The molecule has 0 amide bonds. The van der Waals surface area contributed by atoms with Gasteiger partial charge in [-0.1, -0.05) is 18.2 Å². The highest BCUT2D eigenvalue weighted by Gasteiger charge is 2.30. The van der Waals surface area contributed by atoms with Gasteiger partial charge in [-0.05, 0) is 24.1 Å². The van der Waals surface area contributed by atoms with E-state index in [-0.39, 0.29) is 12.0 Å². The first kappa shape index (κ1) is 10.2. The fourth-order valence-electron chi connectivity index (χ4n) is 2.39. The van der Waals surface area contributed by atoms with Gasteiger partial charge in [0.1, 0.15) is 0 Å². The maximum Gasteiger partial charge on any atom is 0.0990 e. The van der Waals surface area contributed by atoms with Crippen LogP contribution in [0, 0.1) is 17.2 Å². The summed E-state index contributed by atoms with van der Waals surface area (Å²) in [6, 6.07) is 12.3. The maximum atomic E-state index is 9.12. The molecule has 0 radical (unpaired) electrons. The second kappa shape index (κ2) is 4.15. The molecule has 2 heterocycles. The highest BCUT2D eigenvalue weighted by atomic mass is 16.5. The lowest BCUT2D eigenvalue weighted by molar-refractivity contribution is 0.102. The minimum atomic E-state index is -0.104. The molecular formula is C14H12N2O. The zero-order valence-electron chi connectivity index (χ0n) is 9.34. The van der Waals surface area contributed by atoms with Gasteiger partial charge in [-0.25, -0.2) is 0 Å². The predicted molar refractivity (Wildman–Crippen MR) is 64.2 cm³/mol. The number of pyridine rings is 1. The molecule has 1 aromatic carbocycles. The van der Waals surface area contributed by atoms with Crippen LogP contribution in [0.15, 0.2) is 36.5 Å². The number of para-hydroxylation sites is 1. The molecule has 1 aromatic heterocycles. The van der Waals surface area contributed by atoms with Crippen molar-refractivity contribution in [3.05, 3.63) is 42.1 Å². The molecule has 1 aliphatic heterocycles. The monoisotopic (exact) mass is 224 g/mol. The van der Waals surface area contributed by atoms with E-state index in [1.807, 2.05) is 30.3 Å². The Labute approximate surface area is 99.7 Å². The molecule has 3 heteroatoms. The normalized spacial score (nSPS) is 23.7. The summed E-state index contributed by atoms with van der Waals surface area (Å²) >= 11 is 0. The third kappa shape index (κ3) is 1.67. The Kier molecular flexibility index (Phi) is 2.50. The van der Waals surface area contributed by atoms with Gasteiger partial charge >= 0.3 is 0 Å². The van der Waals surface area contributed by atoms with Gasteiger partial charge < -0.3 is 4.74 Å². The standard InChI is InChI=1S/C14H12N2O/c15-9-10-6-8-17-14(10)12-5-7-16-13-4-2-1-3-11(12)13/h1-5,7,10,14H,6,8H2. The Balaban J connectivity index is 2.14. The van der Waals surface area contributed by atoms with Crippen LogP contribution in [0.4, 0.5) is 0 Å². The van der Waals surface area contributed by atoms with Crippen LogP contribution in [0.3, 0.4) is 0 Å². The molecule has 1 saturated heterocycles. The number of benzene rings is 1. The van der Waals surface area contributed by atoms with E-state index < -0.39 is 0 Å². The Morgan fingerprint density at radius 1 is 1.29 bits per heavy atom. The van der Waals surface area contributed by atoms with Gasteiger partial charge in [0.25, 0.3) is 0 Å². The quantitative estimate of drug-likeness (QED) is 0.748. The molecule has 2 aromatic rings. The van der Waals surface area contributed by atoms with E-state index in [4.69, 9.17) is 10.00 Å². The smallest absolute Gasteiger partial charge is 0.0990 e. The first-order valence-corrected chi connectivity index (χ1v) is 5.75. The molecule has 0 bridgehead atoms. The summed E-state index contributed by atoms with van der Waals surface area (Å²) < 4.78 is 5.70. The minimum absolute atomic E-state index is 0.0409. The van der Waals surface area contributed by atoms with Crippen LogP contribution in [0.2, 0.25) is 0 Å². The molecule has 0 saturated carbocycles. The van der Waals surface area contributed by atoms with Gasteiger partial charge in [-0.3, -0.25) is 4.98 Å². The summed E-state index contributed by atoms with van der Waals surface area (Å²) in [5.41, 5.74) is 2.04. The van der Waals surface area contributed by atoms with E-state index in [1.54, 1.807) is 6.20 Å². The van der Waals surface area contributed by atoms with Crippen molar-refractivity contribution in [2.75, 3.05) is 6.61 Å². The van der Waals surface area contributed by atoms with Crippen molar-refractivity contribution in [3.63, 3.8) is 0 Å². The van der Waals surface area contributed by atoms with Crippen molar-refractivity contribution in [1.29, 1.82) is 5.26 Å². The lowest BCUT2D eigenvalue weighted by Crippen LogP contribution is -2.06. The molecule has 0 spiro atoms. The van der Waals surface area contributed by atoms with Crippen molar-refractivity contribution >= 4 is 10.9 Å². The van der Waals surface area contributed by atoms with Crippen LogP contribution in [0.25, 0.3) is 10.9 Å². The average molecular weight is 224 g/mol. The Morgan fingerprint density at radius 2 is 2.18 bits per heavy atom. The molecule has 2 unspecified atom stereocenters. The number of ether oxygens (including phenoxy) is 1. The lowest BCUT2D eigenvalue weighted by atomic mass is 9.94. The van der Waals surface area contributed by atoms with Crippen LogP contribution < -0.4 is 0 Å². The Morgan fingerprint density at radius 3 is 3.06 bits per heavy atom. The number of rotatable bonds is 1. The van der Waals surface area contributed by atoms with Crippen LogP contribution in [0.5, 0.6) is 0 Å². The third-order valence-corrected chi connectivity index (χ3v) is 3.25. The zero-order valence-corrected chi connectivity index (χ0v) is 9.34. The number of fused-ring (bicyclic) bond motifs is 1. The number of aromatic nitrogens is 1. The number of nitrogens with zero attached hydrogens (tertiary/aromatic N) is 2. The van der Waals surface area contributed by atoms with Crippen LogP contribution in [-0.4, -0.2) is 11.6 Å². The van der Waals surface area contributed by atoms with E-state index in [1.165, 1.54) is 0 Å². The minimum Gasteiger partial charge on any atom is -0.372 e. The lowest BCUT2D eigenvalue weighted by Gasteiger charge is -2.15. The number of nitriles is 1. The molecular weight excluding hydrogens is 212 g/mol. The Hall–Kier alpha value is -1.92. The second-order valence-corrected chi connectivity index (χ2v) is 4.23. The highest BCUT2D eigenvalue weighted by Crippen LogP contribution is 2.36. The van der Waals surface area contributed by atoms with E-state index in [0.717, 1.165) is 22.9 Å². The van der Waals surface area contributed by atoms with Gasteiger partial charge in [0.15, 0.2) is 0 Å². The molecule has 1 aliphatic rings. The molecule has 17 heavy (non-hydrogen) atoms. The van der Waals surface area contributed by atoms with Gasteiger partial charge in [0.05, 0.1) is 23.6 Å². The summed E-state index contributed by atoms with van der Waals surface area (Å²) in [6.07, 6.45) is 2.50. The predicted octanol–water partition coefficient (Wildman–Crippen LogP) is 2.84. The summed E-state index contributed by atoms with van der Waals surface area (Å²) in [5.74, 6) is -0.0409. The van der Waals surface area contributed by atoms with Gasteiger partial charge in [-0.15, -0.1) is 0 Å². The summed E-state index contributed by atoms with van der Waals surface area (Å²) in [7, 11) is 0. The first-order chi connectivity index (χ1) is 8.40. The maximum absolute atomic E-state index is 9.12. The third-order valence-electron chi connectivity index (χ3n) is 3.25. The van der Waals surface area contributed by atoms with E-state index in [2.05, 4.69) is 11.1 Å².